The molecule has 0 saturated carbocycles. The van der Waals surface area contributed by atoms with E-state index in [2.05, 4.69) is 49.1 Å². The first-order chi connectivity index (χ1) is 11.2. The topological polar surface area (TPSA) is 21.7 Å². The van der Waals surface area contributed by atoms with Crippen molar-refractivity contribution in [1.29, 1.82) is 0 Å². The van der Waals surface area contributed by atoms with Crippen LogP contribution in [0.5, 0.6) is 5.75 Å². The molecule has 0 unspecified atom stereocenters. The average Bonchev–Trinajstić information content (AvgIpc) is 2.52. The van der Waals surface area contributed by atoms with Crippen LogP contribution in [0.25, 0.3) is 0 Å². The van der Waals surface area contributed by atoms with Gasteiger partial charge in [0, 0.05) is 19.6 Å². The van der Waals surface area contributed by atoms with E-state index in [4.69, 9.17) is 9.47 Å². The Morgan fingerprint density at radius 3 is 2.35 bits per heavy atom. The summed E-state index contributed by atoms with van der Waals surface area (Å²) in [5.74, 6) is 1.05. The van der Waals surface area contributed by atoms with E-state index < -0.39 is 0 Å². The van der Waals surface area contributed by atoms with Gasteiger partial charge in [0.2, 0.25) is 0 Å². The summed E-state index contributed by atoms with van der Waals surface area (Å²) >= 11 is 0. The third-order valence-corrected chi connectivity index (χ3v) is 4.28. The van der Waals surface area contributed by atoms with Gasteiger partial charge in [-0.2, -0.15) is 0 Å². The molecule has 122 valence electrons. The van der Waals surface area contributed by atoms with E-state index in [0.29, 0.717) is 12.7 Å². The van der Waals surface area contributed by atoms with Crippen LogP contribution in [0.1, 0.15) is 16.7 Å². The summed E-state index contributed by atoms with van der Waals surface area (Å²) in [7, 11) is 0. The quantitative estimate of drug-likeness (QED) is 0.730. The predicted molar refractivity (Wildman–Crippen MR) is 92.9 cm³/mol. The molecule has 0 radical (unpaired) electrons. The number of rotatable bonds is 7. The summed E-state index contributed by atoms with van der Waals surface area (Å²) in [6.07, 6.45) is 0.309. The molecule has 3 heteroatoms. The molecule has 1 heterocycles. The number of ether oxygens (including phenoxy) is 2. The highest BCUT2D eigenvalue weighted by Gasteiger charge is 2.28. The first kappa shape index (κ1) is 16.0. The number of hydrogen-bond acceptors (Lipinski definition) is 3. The maximum atomic E-state index is 6.14. The zero-order chi connectivity index (χ0) is 16.1. The molecular formula is C20H25NO2. The molecular weight excluding hydrogens is 286 g/mol. The molecule has 1 fully saturated rings. The number of benzene rings is 2. The Hall–Kier alpha value is -1.84. The van der Waals surface area contributed by atoms with E-state index in [1.54, 1.807) is 0 Å². The van der Waals surface area contributed by atoms with Crippen molar-refractivity contribution in [3.8, 4) is 5.75 Å². The Bertz CT molecular complexity index is 601. The summed E-state index contributed by atoms with van der Waals surface area (Å²) in [5.41, 5.74) is 3.66. The molecule has 3 nitrogen and oxygen atoms in total. The third kappa shape index (κ3) is 4.34. The number of aryl methyl sites for hydroxylation is 2. The molecule has 1 aliphatic heterocycles. The van der Waals surface area contributed by atoms with Gasteiger partial charge in [0.05, 0.1) is 13.2 Å². The second-order valence-electron chi connectivity index (χ2n) is 6.26. The van der Waals surface area contributed by atoms with Gasteiger partial charge in [-0.15, -0.1) is 0 Å². The Labute approximate surface area is 138 Å². The lowest BCUT2D eigenvalue weighted by atomic mass is 10.1. The van der Waals surface area contributed by atoms with Crippen LogP contribution in [0.4, 0.5) is 0 Å². The van der Waals surface area contributed by atoms with E-state index in [1.165, 1.54) is 16.7 Å². The number of para-hydroxylation sites is 1. The molecule has 1 saturated heterocycles. The van der Waals surface area contributed by atoms with Crippen molar-refractivity contribution >= 4 is 0 Å². The molecule has 23 heavy (non-hydrogen) atoms. The van der Waals surface area contributed by atoms with Gasteiger partial charge in [-0.05, 0) is 30.5 Å². The van der Waals surface area contributed by atoms with Crippen LogP contribution < -0.4 is 4.74 Å². The fraction of sp³-hybridized carbons (Fsp3) is 0.400. The van der Waals surface area contributed by atoms with Crippen molar-refractivity contribution in [2.45, 2.75) is 26.6 Å². The minimum atomic E-state index is 0.309. The number of nitrogens with zero attached hydrogens (tertiary/aromatic N) is 1. The van der Waals surface area contributed by atoms with Gasteiger partial charge in [0.15, 0.2) is 0 Å². The van der Waals surface area contributed by atoms with Crippen molar-refractivity contribution in [2.75, 3.05) is 26.2 Å². The maximum absolute atomic E-state index is 6.14. The van der Waals surface area contributed by atoms with E-state index in [9.17, 15) is 0 Å². The molecule has 0 bridgehead atoms. The molecule has 0 N–H and O–H groups in total. The fourth-order valence-electron chi connectivity index (χ4n) is 2.89. The molecule has 2 aromatic rings. The van der Waals surface area contributed by atoms with Crippen LogP contribution in [0.15, 0.2) is 48.5 Å². The first-order valence-electron chi connectivity index (χ1n) is 8.29. The van der Waals surface area contributed by atoms with E-state index >= 15 is 0 Å². The van der Waals surface area contributed by atoms with Gasteiger partial charge in [0.1, 0.15) is 11.9 Å². The van der Waals surface area contributed by atoms with Crippen molar-refractivity contribution in [1.82, 2.24) is 4.90 Å². The summed E-state index contributed by atoms with van der Waals surface area (Å²) < 4.78 is 11.9. The lowest BCUT2D eigenvalue weighted by molar-refractivity contribution is -0.00325. The Kier molecular flexibility index (Phi) is 5.31. The largest absolute Gasteiger partial charge is 0.487 e. The van der Waals surface area contributed by atoms with Crippen molar-refractivity contribution in [2.24, 2.45) is 0 Å². The third-order valence-electron chi connectivity index (χ3n) is 4.28. The van der Waals surface area contributed by atoms with Gasteiger partial charge >= 0.3 is 0 Å². The molecule has 0 amide bonds. The van der Waals surface area contributed by atoms with Crippen LogP contribution in [-0.2, 0) is 11.3 Å². The van der Waals surface area contributed by atoms with Gasteiger partial charge < -0.3 is 9.47 Å². The highest BCUT2D eigenvalue weighted by molar-refractivity contribution is 5.40. The molecule has 0 spiro atoms. The van der Waals surface area contributed by atoms with Crippen LogP contribution in [0, 0.1) is 13.8 Å². The second kappa shape index (κ2) is 7.62. The number of hydrogen-bond donors (Lipinski definition) is 0. The zero-order valence-corrected chi connectivity index (χ0v) is 14.0. The van der Waals surface area contributed by atoms with Crippen LogP contribution in [0.2, 0.25) is 0 Å². The molecule has 1 aliphatic rings. The van der Waals surface area contributed by atoms with Crippen LogP contribution >= 0.6 is 0 Å². The van der Waals surface area contributed by atoms with Gasteiger partial charge in [-0.25, -0.2) is 0 Å². The highest BCUT2D eigenvalue weighted by Crippen LogP contribution is 2.25. The Morgan fingerprint density at radius 2 is 1.65 bits per heavy atom. The first-order valence-corrected chi connectivity index (χ1v) is 8.29. The number of likely N-dealkylation sites (tertiary alicyclic amines) is 1. The van der Waals surface area contributed by atoms with Crippen molar-refractivity contribution in [3.05, 3.63) is 65.2 Å². The average molecular weight is 311 g/mol. The van der Waals surface area contributed by atoms with E-state index in [-0.39, 0.29) is 0 Å². The normalized spacial score (nSPS) is 15.4. The zero-order valence-electron chi connectivity index (χ0n) is 14.0. The van der Waals surface area contributed by atoms with Gasteiger partial charge in [0.25, 0.3) is 0 Å². The van der Waals surface area contributed by atoms with Crippen LogP contribution in [-0.4, -0.2) is 37.2 Å². The predicted octanol–water partition coefficient (Wildman–Crippen LogP) is 3.58. The summed E-state index contributed by atoms with van der Waals surface area (Å²) in [6, 6.07) is 16.6. The molecule has 0 aromatic heterocycles. The second-order valence-corrected chi connectivity index (χ2v) is 6.26. The fourth-order valence-corrected chi connectivity index (χ4v) is 2.89. The minimum absolute atomic E-state index is 0.309. The molecule has 0 aliphatic carbocycles. The molecule has 3 rings (SSSR count). The minimum Gasteiger partial charge on any atom is -0.487 e. The Morgan fingerprint density at radius 1 is 0.957 bits per heavy atom. The summed E-state index contributed by atoms with van der Waals surface area (Å²) in [6.45, 7) is 8.62. The van der Waals surface area contributed by atoms with Crippen LogP contribution in [0.3, 0.4) is 0 Å². The lowest BCUT2D eigenvalue weighted by Crippen LogP contribution is -2.54. The monoisotopic (exact) mass is 311 g/mol. The van der Waals surface area contributed by atoms with Crippen molar-refractivity contribution < 1.29 is 9.47 Å². The van der Waals surface area contributed by atoms with E-state index in [1.807, 2.05) is 18.2 Å². The SMILES string of the molecule is Cc1cccc(C)c1OC1CN(CCOCc2ccccc2)C1. The van der Waals surface area contributed by atoms with Crippen molar-refractivity contribution in [3.63, 3.8) is 0 Å². The van der Waals surface area contributed by atoms with E-state index in [0.717, 1.165) is 32.0 Å². The lowest BCUT2D eigenvalue weighted by Gasteiger charge is -2.39. The highest BCUT2D eigenvalue weighted by atomic mass is 16.5. The molecule has 2 aromatic carbocycles. The van der Waals surface area contributed by atoms with Gasteiger partial charge in [-0.1, -0.05) is 48.5 Å². The standard InChI is InChI=1S/C20H25NO2/c1-16-7-6-8-17(2)20(16)23-19-13-21(14-19)11-12-22-15-18-9-4-3-5-10-18/h3-10,19H,11-15H2,1-2H3. The summed E-state index contributed by atoms with van der Waals surface area (Å²) in [4.78, 5) is 2.38. The smallest absolute Gasteiger partial charge is 0.125 e. The summed E-state index contributed by atoms with van der Waals surface area (Å²) in [5, 5.41) is 0. The van der Waals surface area contributed by atoms with Gasteiger partial charge in [-0.3, -0.25) is 4.90 Å². The molecule has 0 atom stereocenters. The maximum Gasteiger partial charge on any atom is 0.125 e. The Balaban J connectivity index is 1.34.